The van der Waals surface area contributed by atoms with Crippen molar-refractivity contribution in [3.63, 3.8) is 0 Å². The van der Waals surface area contributed by atoms with Gasteiger partial charge in [-0.3, -0.25) is 14.6 Å². The second kappa shape index (κ2) is 18.5. The maximum atomic E-state index is 14.0. The first-order valence-corrected chi connectivity index (χ1v) is 21.6. The molecular weight excluding hydrogens is 783 g/mol. The smallest absolute Gasteiger partial charge is 0.416 e. The van der Waals surface area contributed by atoms with E-state index in [0.29, 0.717) is 68.2 Å². The lowest BCUT2D eigenvalue weighted by Crippen LogP contribution is -2.49. The molecule has 0 radical (unpaired) electrons. The molecule has 1 aliphatic carbocycles. The molecule has 1 aromatic carbocycles. The third-order valence-corrected chi connectivity index (χ3v) is 13.3. The number of benzene rings is 1. The molecule has 0 saturated carbocycles. The summed E-state index contributed by atoms with van der Waals surface area (Å²) in [6.07, 6.45) is 6.70. The molecule has 6 atom stereocenters. The van der Waals surface area contributed by atoms with Crippen LogP contribution in [0, 0.1) is 0 Å². The Balaban J connectivity index is 0.963. The summed E-state index contributed by atoms with van der Waals surface area (Å²) in [6.45, 7) is 11.7. The minimum atomic E-state index is -1.37. The number of amides is 3. The van der Waals surface area contributed by atoms with Gasteiger partial charge in [0.1, 0.15) is 23.8 Å². The fourth-order valence-electron chi connectivity index (χ4n) is 7.61. The van der Waals surface area contributed by atoms with Crippen molar-refractivity contribution in [3.05, 3.63) is 89.8 Å². The molecule has 2 aromatic rings. The van der Waals surface area contributed by atoms with Crippen LogP contribution in [0.25, 0.3) is 0 Å². The fraction of sp³-hybridized carbons (Fsp3) is 0.452. The predicted molar refractivity (Wildman–Crippen MR) is 221 cm³/mol. The quantitative estimate of drug-likeness (QED) is 0.125. The Morgan fingerprint density at radius 1 is 0.983 bits per heavy atom. The number of fused-ring (bicyclic) bond motifs is 4. The van der Waals surface area contributed by atoms with Crippen LogP contribution < -0.4 is 9.47 Å². The van der Waals surface area contributed by atoms with Gasteiger partial charge in [-0.15, -0.1) is 0 Å². The first kappa shape index (κ1) is 41.5. The second-order valence-electron chi connectivity index (χ2n) is 14.8. The first-order valence-electron chi connectivity index (χ1n) is 19.4. The Morgan fingerprint density at radius 2 is 1.78 bits per heavy atom. The number of aliphatic hydroxyl groups excluding tert-OH is 1. The van der Waals surface area contributed by atoms with E-state index in [1.165, 1.54) is 33.6 Å². The summed E-state index contributed by atoms with van der Waals surface area (Å²) >= 11 is 0. The zero-order valence-corrected chi connectivity index (χ0v) is 34.5. The average Bonchev–Trinajstić information content (AvgIpc) is 3.77. The molecule has 5 aliphatic rings. The lowest BCUT2D eigenvalue weighted by atomic mass is 9.97. The predicted octanol–water partition coefficient (Wildman–Crippen LogP) is 6.11. The van der Waals surface area contributed by atoms with Crippen molar-refractivity contribution in [2.75, 3.05) is 47.1 Å². The summed E-state index contributed by atoms with van der Waals surface area (Å²) in [4.78, 5) is 54.6. The van der Waals surface area contributed by atoms with Gasteiger partial charge in [0, 0.05) is 50.5 Å². The molecule has 3 fully saturated rings. The van der Waals surface area contributed by atoms with Gasteiger partial charge in [0.25, 0.3) is 11.8 Å². The summed E-state index contributed by atoms with van der Waals surface area (Å²) in [5.41, 5.74) is 3.27. The van der Waals surface area contributed by atoms with Crippen molar-refractivity contribution in [3.8, 4) is 11.5 Å². The number of aliphatic hydroxyl groups is 1. The number of nitrogens with zero attached hydrogens (tertiary/aromatic N) is 5. The molecule has 5 heterocycles. The van der Waals surface area contributed by atoms with E-state index in [0.717, 1.165) is 22.6 Å². The van der Waals surface area contributed by atoms with E-state index >= 15 is 0 Å². The zero-order chi connectivity index (χ0) is 40.9. The SMILES string of the molecule is C=C1C[C@H]2C=Nc3cc(OCCCCCOC4C=C5C(=CC4OC)C(=O)N4CC(=C)C[C@H]4[C@H](O)N5C(=O)OC[C@@H](C)SSc4ccccn4)c(OC)cc3C(=O)N2C1. The van der Waals surface area contributed by atoms with Crippen LogP contribution in [0.5, 0.6) is 11.5 Å². The molecule has 14 nitrogen and oxygen atoms in total. The highest BCUT2D eigenvalue weighted by atomic mass is 33.1. The van der Waals surface area contributed by atoms with Crippen LogP contribution >= 0.6 is 21.6 Å². The Hall–Kier alpha value is -4.61. The van der Waals surface area contributed by atoms with E-state index in [1.807, 2.05) is 25.1 Å². The van der Waals surface area contributed by atoms with E-state index in [1.54, 1.807) is 53.6 Å². The largest absolute Gasteiger partial charge is 0.493 e. The number of carbonyl (C=O) groups excluding carboxylic acids is 3. The zero-order valence-electron chi connectivity index (χ0n) is 32.9. The van der Waals surface area contributed by atoms with Gasteiger partial charge < -0.3 is 38.6 Å². The second-order valence-corrected chi connectivity index (χ2v) is 17.5. The van der Waals surface area contributed by atoms with Crippen LogP contribution in [0.15, 0.2) is 94.3 Å². The Morgan fingerprint density at radius 3 is 2.55 bits per heavy atom. The minimum absolute atomic E-state index is 0.0705. The maximum Gasteiger partial charge on any atom is 0.416 e. The fourth-order valence-corrected chi connectivity index (χ4v) is 9.49. The van der Waals surface area contributed by atoms with Crippen LogP contribution in [0.1, 0.15) is 49.4 Å². The summed E-state index contributed by atoms with van der Waals surface area (Å²) in [5, 5.41) is 12.5. The number of pyridine rings is 1. The summed E-state index contributed by atoms with van der Waals surface area (Å²) < 4.78 is 29.6. The van der Waals surface area contributed by atoms with Crippen LogP contribution in [0.4, 0.5) is 10.5 Å². The minimum Gasteiger partial charge on any atom is -0.493 e. The van der Waals surface area contributed by atoms with Crippen LogP contribution in [-0.4, -0.2) is 132 Å². The number of ether oxygens (including phenoxy) is 5. The molecule has 3 amide bonds. The Bertz CT molecular complexity index is 2010. The van der Waals surface area contributed by atoms with Gasteiger partial charge in [-0.25, -0.2) is 14.7 Å². The molecule has 1 aromatic heterocycles. The standard InChI is InChI=1S/C42H49N5O9S2/c1-25-15-28-21-44-31-19-36(34(52-4)17-29(31)39(48)45(28)22-25)54-13-9-6-10-14-55-37-20-32-30(18-35(37)53-5)40(49)46-23-26(2)16-33(46)41(50)47(32)42(51)56-24-27(3)57-58-38-11-7-8-12-43-38/h7-8,11-12,17-21,27-28,33,35,37,41,50H,1-2,6,9-10,13-16,22-24H2,3-5H3/t27-,28+,33+,35?,37?,41+/m1/s1. The van der Waals surface area contributed by atoms with Gasteiger partial charge >= 0.3 is 6.09 Å². The molecule has 7 rings (SSSR count). The van der Waals surface area contributed by atoms with Crippen molar-refractivity contribution >= 4 is 51.4 Å². The molecule has 1 N–H and O–H groups in total. The highest BCUT2D eigenvalue weighted by Crippen LogP contribution is 2.40. The number of hydrogen-bond donors (Lipinski definition) is 1. The van der Waals surface area contributed by atoms with Gasteiger partial charge in [-0.05, 0) is 80.2 Å². The van der Waals surface area contributed by atoms with Crippen molar-refractivity contribution in [2.24, 2.45) is 4.99 Å². The molecule has 0 spiro atoms. The average molecular weight is 832 g/mol. The Labute approximate surface area is 346 Å². The van der Waals surface area contributed by atoms with Crippen molar-refractivity contribution < 1.29 is 43.2 Å². The van der Waals surface area contributed by atoms with Crippen molar-refractivity contribution in [2.45, 2.75) is 79.8 Å². The van der Waals surface area contributed by atoms with Gasteiger partial charge in [0.15, 0.2) is 17.7 Å². The van der Waals surface area contributed by atoms with Gasteiger partial charge in [0.05, 0.1) is 48.3 Å². The number of unbranched alkanes of at least 4 members (excludes halogenated alkanes) is 2. The number of aliphatic imine (C=N–C) groups is 1. The van der Waals surface area contributed by atoms with Crippen molar-refractivity contribution in [1.82, 2.24) is 19.7 Å². The number of aromatic nitrogens is 1. The normalized spacial score (nSPS) is 24.3. The van der Waals surface area contributed by atoms with Gasteiger partial charge in [-0.2, -0.15) is 0 Å². The van der Waals surface area contributed by atoms with Crippen molar-refractivity contribution in [1.29, 1.82) is 0 Å². The summed E-state index contributed by atoms with van der Waals surface area (Å²) in [6, 6.07) is 8.32. The van der Waals surface area contributed by atoms with E-state index in [-0.39, 0.29) is 47.5 Å². The van der Waals surface area contributed by atoms with E-state index < -0.39 is 30.6 Å². The highest BCUT2D eigenvalue weighted by molar-refractivity contribution is 8.76. The van der Waals surface area contributed by atoms with E-state index in [9.17, 15) is 19.5 Å². The maximum absolute atomic E-state index is 14.0. The third-order valence-electron chi connectivity index (χ3n) is 10.6. The van der Waals surface area contributed by atoms with Crippen LogP contribution in [-0.2, 0) is 19.0 Å². The Kier molecular flexibility index (Phi) is 13.3. The molecule has 308 valence electrons. The van der Waals surface area contributed by atoms with Crippen LogP contribution in [0.2, 0.25) is 0 Å². The van der Waals surface area contributed by atoms with Crippen LogP contribution in [0.3, 0.4) is 0 Å². The molecule has 3 saturated heterocycles. The lowest BCUT2D eigenvalue weighted by molar-refractivity contribution is -0.130. The first-order chi connectivity index (χ1) is 28.1. The summed E-state index contributed by atoms with van der Waals surface area (Å²) in [5.74, 6) is 0.549. The number of carbonyl (C=O) groups is 3. The lowest BCUT2D eigenvalue weighted by Gasteiger charge is -2.34. The van der Waals surface area contributed by atoms with Gasteiger partial charge in [0.2, 0.25) is 0 Å². The molecular formula is C42H49N5O9S2. The summed E-state index contributed by atoms with van der Waals surface area (Å²) in [7, 11) is 6.08. The molecule has 0 bridgehead atoms. The van der Waals surface area contributed by atoms with E-state index in [2.05, 4.69) is 23.1 Å². The van der Waals surface area contributed by atoms with Gasteiger partial charge in [-0.1, -0.05) is 41.2 Å². The molecule has 16 heteroatoms. The topological polar surface area (TPSA) is 153 Å². The van der Waals surface area contributed by atoms with E-state index in [4.69, 9.17) is 23.7 Å². The number of rotatable bonds is 15. The number of hydrogen-bond acceptors (Lipinski definition) is 13. The third kappa shape index (κ3) is 9.00. The monoisotopic (exact) mass is 831 g/mol. The molecule has 2 unspecified atom stereocenters. The molecule has 58 heavy (non-hydrogen) atoms. The number of methoxy groups -OCH3 is 2. The molecule has 4 aliphatic heterocycles. The highest BCUT2D eigenvalue weighted by Gasteiger charge is 2.49.